The van der Waals surface area contributed by atoms with Gasteiger partial charge in [0.05, 0.1) is 11.4 Å². The van der Waals surface area contributed by atoms with Crippen molar-refractivity contribution in [3.8, 4) is 0 Å². The zero-order valence-electron chi connectivity index (χ0n) is 8.43. The first-order valence-electron chi connectivity index (χ1n) is 4.47. The number of nitrogens with zero attached hydrogens (tertiary/aromatic N) is 3. The van der Waals surface area contributed by atoms with Crippen molar-refractivity contribution in [1.82, 2.24) is 20.1 Å². The predicted octanol–water partition coefficient (Wildman–Crippen LogP) is -0.850. The summed E-state index contributed by atoms with van der Waals surface area (Å²) >= 11 is 4.61. The highest BCUT2D eigenvalue weighted by atomic mass is 32.1. The molecule has 0 atom stereocenters. The molecule has 1 aromatic rings. The van der Waals surface area contributed by atoms with Gasteiger partial charge in [-0.1, -0.05) is 12.2 Å². The van der Waals surface area contributed by atoms with Crippen LogP contribution in [-0.4, -0.2) is 32.2 Å². The van der Waals surface area contributed by atoms with Gasteiger partial charge < -0.3 is 15.6 Å². The molecular weight excluding hydrogens is 214 g/mol. The summed E-state index contributed by atoms with van der Waals surface area (Å²) < 4.78 is 1.81. The molecule has 0 radical (unpaired) electrons. The number of nitrogens with one attached hydrogen (secondary N) is 1. The molecule has 0 bridgehead atoms. The van der Waals surface area contributed by atoms with E-state index < -0.39 is 0 Å². The van der Waals surface area contributed by atoms with E-state index in [9.17, 15) is 4.79 Å². The van der Waals surface area contributed by atoms with E-state index in [1.54, 1.807) is 10.9 Å². The smallest absolute Gasteiger partial charge is 0.226 e. The second-order valence-electron chi connectivity index (χ2n) is 3.10. The molecule has 0 aromatic carbocycles. The summed E-state index contributed by atoms with van der Waals surface area (Å²) in [6, 6.07) is 0. The van der Waals surface area contributed by atoms with E-state index in [0.29, 0.717) is 13.0 Å². The van der Waals surface area contributed by atoms with Crippen LogP contribution in [0.25, 0.3) is 0 Å². The van der Waals surface area contributed by atoms with Crippen LogP contribution < -0.4 is 11.1 Å². The number of aryl methyl sites for hydroxylation is 1. The molecule has 0 fully saturated rings. The van der Waals surface area contributed by atoms with Crippen molar-refractivity contribution < 1.29 is 4.79 Å². The van der Waals surface area contributed by atoms with E-state index in [0.717, 1.165) is 5.82 Å². The highest BCUT2D eigenvalue weighted by Crippen LogP contribution is 1.91. The maximum atomic E-state index is 11.1. The first-order chi connectivity index (χ1) is 7.09. The molecule has 3 N–H and O–H groups in total. The van der Waals surface area contributed by atoms with E-state index in [2.05, 4.69) is 27.7 Å². The molecule has 6 nitrogen and oxygen atoms in total. The Hall–Kier alpha value is -1.50. The Labute approximate surface area is 92.9 Å². The fourth-order valence-corrected chi connectivity index (χ4v) is 1.20. The van der Waals surface area contributed by atoms with Crippen LogP contribution in [0, 0.1) is 0 Å². The monoisotopic (exact) mass is 227 g/mol. The van der Waals surface area contributed by atoms with Gasteiger partial charge in [0.25, 0.3) is 0 Å². The van der Waals surface area contributed by atoms with Gasteiger partial charge in [-0.2, -0.15) is 0 Å². The molecule has 0 aliphatic rings. The van der Waals surface area contributed by atoms with E-state index in [1.165, 1.54) is 0 Å². The lowest BCUT2D eigenvalue weighted by atomic mass is 10.3. The minimum absolute atomic E-state index is 0.0914. The van der Waals surface area contributed by atoms with Gasteiger partial charge >= 0.3 is 0 Å². The van der Waals surface area contributed by atoms with E-state index in [-0.39, 0.29) is 17.3 Å². The van der Waals surface area contributed by atoms with Crippen molar-refractivity contribution in [2.75, 3.05) is 6.54 Å². The third-order valence-electron chi connectivity index (χ3n) is 1.81. The number of nitrogens with two attached hydrogens (primary N) is 1. The molecule has 0 aliphatic carbocycles. The number of amides is 1. The maximum absolute atomic E-state index is 11.1. The van der Waals surface area contributed by atoms with Crippen LogP contribution in [0.3, 0.4) is 0 Å². The van der Waals surface area contributed by atoms with E-state index in [4.69, 9.17) is 5.73 Å². The summed E-state index contributed by atoms with van der Waals surface area (Å²) in [5.74, 6) is 0.662. The Bertz CT molecular complexity index is 362. The van der Waals surface area contributed by atoms with Crippen molar-refractivity contribution in [2.24, 2.45) is 12.8 Å². The van der Waals surface area contributed by atoms with Gasteiger partial charge in [-0.3, -0.25) is 4.79 Å². The topological polar surface area (TPSA) is 85.8 Å². The van der Waals surface area contributed by atoms with Crippen LogP contribution >= 0.6 is 12.2 Å². The number of carbonyl (C=O) groups is 1. The summed E-state index contributed by atoms with van der Waals surface area (Å²) in [4.78, 5) is 11.3. The lowest BCUT2D eigenvalue weighted by Gasteiger charge is -2.03. The minimum atomic E-state index is -0.162. The molecular formula is C8H13N5OS. The Morgan fingerprint density at radius 3 is 3.00 bits per heavy atom. The average molecular weight is 227 g/mol. The summed E-state index contributed by atoms with van der Waals surface area (Å²) in [5.41, 5.74) is 5.23. The highest BCUT2D eigenvalue weighted by Gasteiger charge is 2.04. The lowest BCUT2D eigenvalue weighted by Crippen LogP contribution is -2.29. The Balaban J connectivity index is 2.25. The molecule has 82 valence electrons. The number of hydrogen-bond acceptors (Lipinski definition) is 4. The van der Waals surface area contributed by atoms with Gasteiger partial charge in [-0.05, 0) is 0 Å². The molecule has 1 heterocycles. The largest absolute Gasteiger partial charge is 0.393 e. The van der Waals surface area contributed by atoms with Gasteiger partial charge in [0, 0.05) is 20.0 Å². The Morgan fingerprint density at radius 2 is 2.47 bits per heavy atom. The number of hydrogen-bond donors (Lipinski definition) is 2. The summed E-state index contributed by atoms with van der Waals surface area (Å²) in [6.45, 7) is 0.508. The van der Waals surface area contributed by atoms with Gasteiger partial charge in [-0.15, -0.1) is 10.2 Å². The molecule has 1 aromatic heterocycles. The third-order valence-corrected chi connectivity index (χ3v) is 1.96. The fraction of sp³-hybridized carbons (Fsp3) is 0.500. The van der Waals surface area contributed by atoms with Crippen LogP contribution in [0.1, 0.15) is 12.2 Å². The van der Waals surface area contributed by atoms with Gasteiger partial charge in [0.15, 0.2) is 0 Å². The van der Waals surface area contributed by atoms with Crippen molar-refractivity contribution in [2.45, 2.75) is 12.8 Å². The SMILES string of the molecule is Cn1cnnc1CCNC(=O)CC(N)=S. The predicted molar refractivity (Wildman–Crippen MR) is 59.1 cm³/mol. The molecule has 0 unspecified atom stereocenters. The normalized spacial score (nSPS) is 9.93. The van der Waals surface area contributed by atoms with E-state index >= 15 is 0 Å². The Kier molecular flexibility index (Phi) is 4.17. The van der Waals surface area contributed by atoms with Crippen LogP contribution in [0.4, 0.5) is 0 Å². The zero-order valence-corrected chi connectivity index (χ0v) is 9.25. The second-order valence-corrected chi connectivity index (χ2v) is 3.63. The standard InChI is InChI=1S/C8H13N5OS/c1-13-5-11-12-7(13)2-3-10-8(14)4-6(9)15/h5H,2-4H2,1H3,(H2,9,15)(H,10,14). The Morgan fingerprint density at radius 1 is 1.73 bits per heavy atom. The van der Waals surface area contributed by atoms with Crippen molar-refractivity contribution in [3.05, 3.63) is 12.2 Å². The highest BCUT2D eigenvalue weighted by molar-refractivity contribution is 7.80. The minimum Gasteiger partial charge on any atom is -0.393 e. The summed E-state index contributed by atoms with van der Waals surface area (Å²) in [5, 5.41) is 10.3. The fourth-order valence-electron chi connectivity index (χ4n) is 1.07. The van der Waals surface area contributed by atoms with Crippen molar-refractivity contribution in [3.63, 3.8) is 0 Å². The lowest BCUT2D eigenvalue weighted by molar-refractivity contribution is -0.119. The van der Waals surface area contributed by atoms with Gasteiger partial charge in [0.1, 0.15) is 12.2 Å². The molecule has 15 heavy (non-hydrogen) atoms. The first-order valence-corrected chi connectivity index (χ1v) is 4.88. The molecule has 7 heteroatoms. The van der Waals surface area contributed by atoms with Gasteiger partial charge in [-0.25, -0.2) is 0 Å². The number of carbonyl (C=O) groups excluding carboxylic acids is 1. The molecule has 1 amide bonds. The van der Waals surface area contributed by atoms with Crippen molar-refractivity contribution >= 4 is 23.1 Å². The van der Waals surface area contributed by atoms with Crippen LogP contribution in [0.15, 0.2) is 6.33 Å². The van der Waals surface area contributed by atoms with Gasteiger partial charge in [0.2, 0.25) is 5.91 Å². The first kappa shape index (κ1) is 11.6. The number of rotatable bonds is 5. The summed E-state index contributed by atoms with van der Waals surface area (Å²) in [6.07, 6.45) is 2.35. The molecule has 0 saturated carbocycles. The molecule has 0 saturated heterocycles. The number of aromatic nitrogens is 3. The third kappa shape index (κ3) is 4.03. The average Bonchev–Trinajstić information content (AvgIpc) is 2.50. The van der Waals surface area contributed by atoms with E-state index in [1.807, 2.05) is 7.05 Å². The van der Waals surface area contributed by atoms with Crippen LogP contribution in [-0.2, 0) is 18.3 Å². The maximum Gasteiger partial charge on any atom is 0.226 e. The molecule has 1 rings (SSSR count). The molecule has 0 aliphatic heterocycles. The second kappa shape index (κ2) is 5.40. The number of thiocarbonyl (C=S) groups is 1. The quantitative estimate of drug-likeness (QED) is 0.640. The van der Waals surface area contributed by atoms with Crippen molar-refractivity contribution in [1.29, 1.82) is 0 Å². The molecule has 0 spiro atoms. The summed E-state index contributed by atoms with van der Waals surface area (Å²) in [7, 11) is 1.85. The zero-order chi connectivity index (χ0) is 11.3. The van der Waals surface area contributed by atoms with Crippen LogP contribution in [0.5, 0.6) is 0 Å². The van der Waals surface area contributed by atoms with Crippen LogP contribution in [0.2, 0.25) is 0 Å².